The molecule has 1 atom stereocenters. The fraction of sp³-hybridized carbons (Fsp3) is 0.875. The van der Waals surface area contributed by atoms with Crippen LogP contribution in [0.2, 0.25) is 0 Å². The highest BCUT2D eigenvalue weighted by Gasteiger charge is 2.28. The van der Waals surface area contributed by atoms with Crippen molar-refractivity contribution in [3.8, 4) is 0 Å². The molecule has 2 heterocycles. The van der Waals surface area contributed by atoms with Gasteiger partial charge in [-0.25, -0.2) is 0 Å². The van der Waals surface area contributed by atoms with E-state index in [1.165, 1.54) is 6.42 Å². The number of piperidine rings is 1. The molecule has 0 aromatic heterocycles. The average molecular weight is 310 g/mol. The number of amides is 2. The highest BCUT2D eigenvalue weighted by atomic mass is 16.2. The number of likely N-dealkylation sites (N-methyl/N-ethyl adjacent to an activating group) is 1. The molecule has 0 aliphatic carbocycles. The molecule has 1 N–H and O–H groups in total. The van der Waals surface area contributed by atoms with E-state index >= 15 is 0 Å². The molecule has 2 amide bonds. The van der Waals surface area contributed by atoms with Crippen LogP contribution >= 0.6 is 0 Å². The number of carbonyl (C=O) groups is 2. The molecule has 0 radical (unpaired) electrons. The summed E-state index contributed by atoms with van der Waals surface area (Å²) in [7, 11) is 0. The smallest absolute Gasteiger partial charge is 0.239 e. The molecule has 2 aliphatic rings. The molecule has 2 rings (SSSR count). The van der Waals surface area contributed by atoms with E-state index in [0.717, 1.165) is 58.7 Å². The normalized spacial score (nSPS) is 23.4. The summed E-state index contributed by atoms with van der Waals surface area (Å²) in [6, 6.07) is 0.0117. The lowest BCUT2D eigenvalue weighted by Gasteiger charge is -2.37. The zero-order chi connectivity index (χ0) is 15.9. The first-order valence-electron chi connectivity index (χ1n) is 8.68. The number of rotatable bonds is 5. The fourth-order valence-corrected chi connectivity index (χ4v) is 3.28. The summed E-state index contributed by atoms with van der Waals surface area (Å²) in [5.41, 5.74) is 0. The first-order valence-corrected chi connectivity index (χ1v) is 8.68. The third kappa shape index (κ3) is 4.43. The molecule has 22 heavy (non-hydrogen) atoms. The number of piperazine rings is 1. The lowest BCUT2D eigenvalue weighted by atomic mass is 10.0. The van der Waals surface area contributed by atoms with Crippen LogP contribution in [0.3, 0.4) is 0 Å². The van der Waals surface area contributed by atoms with Crippen molar-refractivity contribution < 1.29 is 9.59 Å². The first kappa shape index (κ1) is 17.2. The van der Waals surface area contributed by atoms with Crippen molar-refractivity contribution in [2.24, 2.45) is 0 Å². The molecule has 2 saturated heterocycles. The number of nitrogens with zero attached hydrogens (tertiary/aromatic N) is 3. The monoisotopic (exact) mass is 310 g/mol. The zero-order valence-electron chi connectivity index (χ0n) is 14.0. The van der Waals surface area contributed by atoms with Crippen LogP contribution in [0.5, 0.6) is 0 Å². The second kappa shape index (κ2) is 8.48. The summed E-state index contributed by atoms with van der Waals surface area (Å²) in [4.78, 5) is 30.6. The van der Waals surface area contributed by atoms with E-state index in [-0.39, 0.29) is 17.9 Å². The molecule has 0 unspecified atom stereocenters. The van der Waals surface area contributed by atoms with Gasteiger partial charge in [-0.15, -0.1) is 0 Å². The number of hydrogen-bond donors (Lipinski definition) is 1. The second-order valence-corrected chi connectivity index (χ2v) is 6.17. The van der Waals surface area contributed by atoms with Gasteiger partial charge in [-0.2, -0.15) is 0 Å². The van der Waals surface area contributed by atoms with Crippen molar-refractivity contribution >= 4 is 11.8 Å². The van der Waals surface area contributed by atoms with Crippen molar-refractivity contribution in [1.82, 2.24) is 20.0 Å². The Kier molecular flexibility index (Phi) is 6.64. The third-order valence-corrected chi connectivity index (χ3v) is 4.77. The second-order valence-electron chi connectivity index (χ2n) is 6.17. The summed E-state index contributed by atoms with van der Waals surface area (Å²) in [5.74, 6) is 0.438. The molecule has 0 spiro atoms. The molecular weight excluding hydrogens is 280 g/mol. The predicted molar refractivity (Wildman–Crippen MR) is 86.6 cm³/mol. The van der Waals surface area contributed by atoms with E-state index in [9.17, 15) is 9.59 Å². The number of hydrogen-bond acceptors (Lipinski definition) is 4. The van der Waals surface area contributed by atoms with E-state index in [1.54, 1.807) is 0 Å². The predicted octanol–water partition coefficient (Wildman–Crippen LogP) is 0.141. The quantitative estimate of drug-likeness (QED) is 0.785. The van der Waals surface area contributed by atoms with Crippen molar-refractivity contribution in [2.75, 3.05) is 52.4 Å². The molecule has 2 fully saturated rings. The van der Waals surface area contributed by atoms with Gasteiger partial charge in [0.1, 0.15) is 0 Å². The van der Waals surface area contributed by atoms with Crippen LogP contribution in [0.25, 0.3) is 0 Å². The largest absolute Gasteiger partial charge is 0.342 e. The van der Waals surface area contributed by atoms with Crippen molar-refractivity contribution in [1.29, 1.82) is 0 Å². The lowest BCUT2D eigenvalue weighted by Crippen LogP contribution is -2.56. The molecule has 126 valence electrons. The average Bonchev–Trinajstić information content (AvgIpc) is 2.57. The van der Waals surface area contributed by atoms with Gasteiger partial charge < -0.3 is 15.1 Å². The molecule has 0 saturated carbocycles. The molecule has 6 heteroatoms. The summed E-state index contributed by atoms with van der Waals surface area (Å²) in [5, 5.41) is 3.32. The number of carbonyl (C=O) groups excluding carboxylic acids is 2. The van der Waals surface area contributed by atoms with E-state index in [4.69, 9.17) is 0 Å². The van der Waals surface area contributed by atoms with Gasteiger partial charge in [-0.3, -0.25) is 14.5 Å². The van der Waals surface area contributed by atoms with Gasteiger partial charge in [-0.05, 0) is 33.2 Å². The summed E-state index contributed by atoms with van der Waals surface area (Å²) >= 11 is 0. The van der Waals surface area contributed by atoms with Crippen molar-refractivity contribution in [3.63, 3.8) is 0 Å². The van der Waals surface area contributed by atoms with Gasteiger partial charge >= 0.3 is 0 Å². The summed E-state index contributed by atoms with van der Waals surface area (Å²) < 4.78 is 0. The van der Waals surface area contributed by atoms with Gasteiger partial charge in [0.05, 0.1) is 12.6 Å². The minimum Gasteiger partial charge on any atom is -0.342 e. The van der Waals surface area contributed by atoms with Gasteiger partial charge in [0.15, 0.2) is 0 Å². The molecule has 0 aromatic carbocycles. The van der Waals surface area contributed by atoms with Gasteiger partial charge in [0.25, 0.3) is 0 Å². The van der Waals surface area contributed by atoms with Crippen LogP contribution < -0.4 is 5.32 Å². The third-order valence-electron chi connectivity index (χ3n) is 4.77. The van der Waals surface area contributed by atoms with Crippen LogP contribution in [0.4, 0.5) is 0 Å². The van der Waals surface area contributed by atoms with Gasteiger partial charge in [-0.1, -0.05) is 6.42 Å². The maximum atomic E-state index is 12.5. The standard InChI is InChI=1S/C16H30N4O2/c1-3-19(4-2)15(21)13-18-9-11-20(12-10-18)16(22)14-7-5-6-8-17-14/h14,17H,3-13H2,1-2H3/t14-/m1/s1. The summed E-state index contributed by atoms with van der Waals surface area (Å²) in [6.07, 6.45) is 3.27. The highest BCUT2D eigenvalue weighted by Crippen LogP contribution is 2.12. The van der Waals surface area contributed by atoms with Crippen LogP contribution in [0.15, 0.2) is 0 Å². The Bertz CT molecular complexity index is 370. The topological polar surface area (TPSA) is 55.9 Å². The van der Waals surface area contributed by atoms with E-state index in [2.05, 4.69) is 10.2 Å². The Hall–Kier alpha value is -1.14. The SMILES string of the molecule is CCN(CC)C(=O)CN1CCN(C(=O)[C@H]2CCCCN2)CC1. The molecular formula is C16H30N4O2. The minimum atomic E-state index is 0.0117. The Balaban J connectivity index is 1.75. The molecule has 6 nitrogen and oxygen atoms in total. The zero-order valence-corrected chi connectivity index (χ0v) is 14.0. The maximum Gasteiger partial charge on any atom is 0.239 e. The van der Waals surface area contributed by atoms with Crippen molar-refractivity contribution in [2.45, 2.75) is 39.2 Å². The Morgan fingerprint density at radius 3 is 2.32 bits per heavy atom. The minimum absolute atomic E-state index is 0.0117. The first-order chi connectivity index (χ1) is 10.7. The Morgan fingerprint density at radius 2 is 1.77 bits per heavy atom. The number of nitrogens with one attached hydrogen (secondary N) is 1. The fourth-order valence-electron chi connectivity index (χ4n) is 3.28. The molecule has 0 bridgehead atoms. The van der Waals surface area contributed by atoms with Crippen molar-refractivity contribution in [3.05, 3.63) is 0 Å². The van der Waals surface area contributed by atoms with Gasteiger partial charge in [0, 0.05) is 39.3 Å². The maximum absolute atomic E-state index is 12.5. The van der Waals surface area contributed by atoms with Crippen LogP contribution in [0.1, 0.15) is 33.1 Å². The van der Waals surface area contributed by atoms with Crippen LogP contribution in [0, 0.1) is 0 Å². The van der Waals surface area contributed by atoms with Crippen LogP contribution in [-0.2, 0) is 9.59 Å². The lowest BCUT2D eigenvalue weighted by molar-refractivity contribution is -0.137. The van der Waals surface area contributed by atoms with Gasteiger partial charge in [0.2, 0.25) is 11.8 Å². The van der Waals surface area contributed by atoms with Crippen LogP contribution in [-0.4, -0.2) is 84.9 Å². The van der Waals surface area contributed by atoms with E-state index in [0.29, 0.717) is 6.54 Å². The van der Waals surface area contributed by atoms with E-state index < -0.39 is 0 Å². The highest BCUT2D eigenvalue weighted by molar-refractivity contribution is 5.82. The summed E-state index contributed by atoms with van der Waals surface area (Å²) in [6.45, 7) is 10.1. The van der Waals surface area contributed by atoms with E-state index in [1.807, 2.05) is 23.6 Å². The molecule has 2 aliphatic heterocycles. The Morgan fingerprint density at radius 1 is 1.09 bits per heavy atom. The molecule has 0 aromatic rings. The Labute approximate surface area is 133 Å².